The Hall–Kier alpha value is -2.74. The van der Waals surface area contributed by atoms with Crippen LogP contribution in [0.15, 0.2) is 82.4 Å². The highest BCUT2D eigenvalue weighted by Gasteiger charge is 2.11. The zero-order chi connectivity index (χ0) is 20.6. The van der Waals surface area contributed by atoms with Crippen molar-refractivity contribution in [3.63, 3.8) is 0 Å². The van der Waals surface area contributed by atoms with E-state index in [2.05, 4.69) is 31.8 Å². The average Bonchev–Trinajstić information content (AvgIpc) is 2.71. The number of hydrazone groups is 1. The third-order valence-electron chi connectivity index (χ3n) is 3.66. The van der Waals surface area contributed by atoms with Gasteiger partial charge in [0.05, 0.1) is 11.8 Å². The molecule has 0 aliphatic rings. The van der Waals surface area contributed by atoms with Gasteiger partial charge in [-0.1, -0.05) is 45.7 Å². The van der Waals surface area contributed by atoms with Gasteiger partial charge in [-0.2, -0.15) is 5.10 Å². The second kappa shape index (κ2) is 10.2. The Morgan fingerprint density at radius 3 is 2.52 bits per heavy atom. The predicted octanol–water partition coefficient (Wildman–Crippen LogP) is 5.64. The first-order chi connectivity index (χ1) is 14.0. The Labute approximate surface area is 186 Å². The van der Waals surface area contributed by atoms with E-state index in [1.54, 1.807) is 42.5 Å². The summed E-state index contributed by atoms with van der Waals surface area (Å²) in [7, 11) is 0. The zero-order valence-corrected chi connectivity index (χ0v) is 18.1. The molecule has 2 N–H and O–H groups in total. The number of carbonyl (C=O) groups excluding carboxylic acids is 1. The fourth-order valence-corrected chi connectivity index (χ4v) is 2.97. The van der Waals surface area contributed by atoms with Crippen molar-refractivity contribution in [2.45, 2.75) is 0 Å². The van der Waals surface area contributed by atoms with Gasteiger partial charge in [-0.3, -0.25) is 5.43 Å². The van der Waals surface area contributed by atoms with Crippen LogP contribution >= 0.6 is 39.7 Å². The number of anilines is 1. The lowest BCUT2D eigenvalue weighted by atomic mass is 10.2. The topological polar surface area (TPSA) is 62.7 Å². The molecule has 3 aromatic carbocycles. The van der Waals surface area contributed by atoms with Crippen molar-refractivity contribution >= 4 is 62.7 Å². The minimum absolute atomic E-state index is 0.335. The molecule has 5 nitrogen and oxygen atoms in total. The largest absolute Gasteiger partial charge is 0.422 e. The molecular weight excluding hydrogens is 474 g/mol. The van der Waals surface area contributed by atoms with Gasteiger partial charge in [0, 0.05) is 20.7 Å². The summed E-state index contributed by atoms with van der Waals surface area (Å²) in [4.78, 5) is 12.4. The van der Waals surface area contributed by atoms with Gasteiger partial charge in [0.1, 0.15) is 5.75 Å². The van der Waals surface area contributed by atoms with Crippen LogP contribution in [0.3, 0.4) is 0 Å². The second-order valence-electron chi connectivity index (χ2n) is 5.77. The summed E-state index contributed by atoms with van der Waals surface area (Å²) in [6.07, 6.45) is 1.52. The lowest BCUT2D eigenvalue weighted by Crippen LogP contribution is -2.23. The van der Waals surface area contributed by atoms with Gasteiger partial charge in [-0.15, -0.1) is 0 Å². The third kappa shape index (κ3) is 6.39. The smallest absolute Gasteiger partial charge is 0.343 e. The molecule has 0 aliphatic heterocycles. The van der Waals surface area contributed by atoms with Gasteiger partial charge in [0.2, 0.25) is 0 Å². The van der Waals surface area contributed by atoms with Crippen LogP contribution in [0.1, 0.15) is 15.9 Å². The Morgan fingerprint density at radius 1 is 1.07 bits per heavy atom. The van der Waals surface area contributed by atoms with Crippen molar-refractivity contribution < 1.29 is 9.53 Å². The highest BCUT2D eigenvalue weighted by atomic mass is 79.9. The normalized spacial score (nSPS) is 10.6. The summed E-state index contributed by atoms with van der Waals surface area (Å²) in [5.41, 5.74) is 4.57. The van der Waals surface area contributed by atoms with Gasteiger partial charge in [-0.25, -0.2) is 4.79 Å². The zero-order valence-electron chi connectivity index (χ0n) is 14.9. The average molecular weight is 489 g/mol. The Balaban J connectivity index is 1.68. The molecule has 0 bridgehead atoms. The fraction of sp³-hybridized carbons (Fsp3) is 0. The molecule has 0 heterocycles. The van der Waals surface area contributed by atoms with Gasteiger partial charge >= 0.3 is 5.97 Å². The summed E-state index contributed by atoms with van der Waals surface area (Å²) in [5.74, 6) is -0.131. The fourth-order valence-electron chi connectivity index (χ4n) is 2.30. The maximum atomic E-state index is 12.4. The first-order valence-corrected chi connectivity index (χ1v) is 10.0. The van der Waals surface area contributed by atoms with E-state index in [4.69, 9.17) is 28.6 Å². The van der Waals surface area contributed by atoms with Crippen molar-refractivity contribution in [1.29, 1.82) is 0 Å². The molecule has 0 unspecified atom stereocenters. The van der Waals surface area contributed by atoms with E-state index in [0.29, 0.717) is 27.0 Å². The molecular formula is C21H15BrClN3O2S. The van der Waals surface area contributed by atoms with Crippen LogP contribution < -0.4 is 15.5 Å². The number of ether oxygens (including phenoxy) is 1. The van der Waals surface area contributed by atoms with E-state index in [-0.39, 0.29) is 0 Å². The van der Waals surface area contributed by atoms with E-state index < -0.39 is 5.97 Å². The molecule has 0 amide bonds. The quantitative estimate of drug-likeness (QED) is 0.160. The van der Waals surface area contributed by atoms with Crippen LogP contribution in [0.5, 0.6) is 5.75 Å². The van der Waals surface area contributed by atoms with Crippen molar-refractivity contribution in [1.82, 2.24) is 5.43 Å². The Bertz CT molecular complexity index is 1040. The van der Waals surface area contributed by atoms with E-state index in [0.717, 1.165) is 10.2 Å². The monoisotopic (exact) mass is 487 g/mol. The van der Waals surface area contributed by atoms with Crippen LogP contribution in [-0.2, 0) is 0 Å². The molecule has 0 fully saturated rings. The van der Waals surface area contributed by atoms with E-state index in [1.165, 1.54) is 6.21 Å². The Morgan fingerprint density at radius 2 is 1.79 bits per heavy atom. The van der Waals surface area contributed by atoms with Crippen molar-refractivity contribution in [3.8, 4) is 5.75 Å². The molecule has 0 aliphatic carbocycles. The number of hydrogen-bond acceptors (Lipinski definition) is 4. The number of carbonyl (C=O) groups is 1. The van der Waals surface area contributed by atoms with Crippen molar-refractivity contribution in [2.75, 3.05) is 5.32 Å². The molecule has 0 saturated carbocycles. The number of rotatable bonds is 5. The minimum Gasteiger partial charge on any atom is -0.422 e. The number of thiocarbonyl (C=S) groups is 1. The molecule has 0 radical (unpaired) electrons. The van der Waals surface area contributed by atoms with Gasteiger partial charge in [-0.05, 0) is 66.8 Å². The van der Waals surface area contributed by atoms with Gasteiger partial charge in [0.15, 0.2) is 5.11 Å². The van der Waals surface area contributed by atoms with Crippen LogP contribution in [0, 0.1) is 0 Å². The number of esters is 1. The molecule has 0 spiro atoms. The number of nitrogens with one attached hydrogen (secondary N) is 2. The molecule has 0 aromatic heterocycles. The summed E-state index contributed by atoms with van der Waals surface area (Å²) < 4.78 is 6.32. The van der Waals surface area contributed by atoms with Gasteiger partial charge in [0.25, 0.3) is 0 Å². The van der Waals surface area contributed by atoms with Crippen molar-refractivity contribution in [3.05, 3.63) is 93.4 Å². The van der Waals surface area contributed by atoms with Gasteiger partial charge < -0.3 is 10.1 Å². The summed E-state index contributed by atoms with van der Waals surface area (Å²) in [5, 5.41) is 8.02. The molecule has 0 atom stereocenters. The van der Waals surface area contributed by atoms with Crippen LogP contribution in [0.25, 0.3) is 0 Å². The van der Waals surface area contributed by atoms with Crippen LogP contribution in [0.4, 0.5) is 5.69 Å². The van der Waals surface area contributed by atoms with Crippen LogP contribution in [0.2, 0.25) is 5.02 Å². The number of hydrogen-bond donors (Lipinski definition) is 2. The molecule has 3 aromatic rings. The summed E-state index contributed by atoms with van der Waals surface area (Å²) in [6, 6.07) is 21.2. The van der Waals surface area contributed by atoms with Crippen molar-refractivity contribution in [2.24, 2.45) is 5.10 Å². The number of para-hydroxylation sites is 1. The molecule has 146 valence electrons. The third-order valence-corrected chi connectivity index (χ3v) is 4.59. The molecule has 3 rings (SSSR count). The maximum absolute atomic E-state index is 12.4. The molecule has 29 heavy (non-hydrogen) atoms. The molecule has 0 saturated heterocycles. The lowest BCUT2D eigenvalue weighted by Gasteiger charge is -2.09. The van der Waals surface area contributed by atoms with E-state index in [9.17, 15) is 4.79 Å². The summed E-state index contributed by atoms with van der Waals surface area (Å²) in [6.45, 7) is 0. The number of benzene rings is 3. The predicted molar refractivity (Wildman–Crippen MR) is 124 cm³/mol. The highest BCUT2D eigenvalue weighted by molar-refractivity contribution is 9.10. The summed E-state index contributed by atoms with van der Waals surface area (Å²) >= 11 is 14.5. The number of halogens is 2. The Kier molecular flexibility index (Phi) is 7.35. The first-order valence-electron chi connectivity index (χ1n) is 8.44. The SMILES string of the molecule is O=C(Oc1ccc(Br)cc1/C=N\NC(=S)Nc1ccccc1)c1ccc(Cl)cc1. The maximum Gasteiger partial charge on any atom is 0.343 e. The highest BCUT2D eigenvalue weighted by Crippen LogP contribution is 2.23. The first kappa shape index (κ1) is 21.0. The van der Waals surface area contributed by atoms with E-state index >= 15 is 0 Å². The van der Waals surface area contributed by atoms with Crippen LogP contribution in [-0.4, -0.2) is 17.3 Å². The number of nitrogens with zero attached hydrogens (tertiary/aromatic N) is 1. The second-order valence-corrected chi connectivity index (χ2v) is 7.53. The van der Waals surface area contributed by atoms with E-state index in [1.807, 2.05) is 30.3 Å². The molecule has 8 heteroatoms. The lowest BCUT2D eigenvalue weighted by molar-refractivity contribution is 0.0734. The standard InChI is InChI=1S/C21H15BrClN3O2S/c22-16-8-11-19(28-20(27)14-6-9-17(23)10-7-14)15(12-16)13-24-26-21(29)25-18-4-2-1-3-5-18/h1-13H,(H2,25,26,29)/b24-13-. The minimum atomic E-state index is -0.493.